The predicted octanol–water partition coefficient (Wildman–Crippen LogP) is 4.13. The molecule has 2 nitrogen and oxygen atoms in total. The van der Waals surface area contributed by atoms with E-state index in [1.807, 2.05) is 0 Å². The van der Waals surface area contributed by atoms with Crippen molar-refractivity contribution in [1.29, 1.82) is 0 Å². The Kier molecular flexibility index (Phi) is 6.16. The molecule has 0 spiro atoms. The van der Waals surface area contributed by atoms with Crippen LogP contribution in [0.2, 0.25) is 0 Å². The Labute approximate surface area is 120 Å². The van der Waals surface area contributed by atoms with Crippen molar-refractivity contribution in [1.82, 2.24) is 5.32 Å². The smallest absolute Gasteiger partial charge is 0.220 e. The molecule has 1 aliphatic carbocycles. The van der Waals surface area contributed by atoms with Crippen molar-refractivity contribution < 1.29 is 4.79 Å². The molecule has 0 aromatic heterocycles. The summed E-state index contributed by atoms with van der Waals surface area (Å²) in [4.78, 5) is 12.6. The van der Waals surface area contributed by atoms with Gasteiger partial charge in [-0.05, 0) is 36.5 Å². The van der Waals surface area contributed by atoms with Gasteiger partial charge in [0, 0.05) is 17.8 Å². The maximum Gasteiger partial charge on any atom is 0.220 e. The van der Waals surface area contributed by atoms with Crippen LogP contribution >= 0.6 is 15.9 Å². The summed E-state index contributed by atoms with van der Waals surface area (Å²) in [5, 5.41) is 3.12. The first-order valence-corrected chi connectivity index (χ1v) is 8.11. The number of halogens is 1. The molecule has 3 heteroatoms. The van der Waals surface area contributed by atoms with E-state index >= 15 is 0 Å². The zero-order valence-electron chi connectivity index (χ0n) is 12.3. The average Bonchev–Trinajstić information content (AvgIpc) is 2.25. The molecule has 0 saturated heterocycles. The Morgan fingerprint density at radius 1 is 1.39 bits per heavy atom. The SMILES string of the molecule is CC(CC(=O)NCC1CCCC(Br)C1)C(C)(C)C. The van der Waals surface area contributed by atoms with Gasteiger partial charge >= 0.3 is 0 Å². The molecule has 1 aliphatic rings. The van der Waals surface area contributed by atoms with Crippen LogP contribution in [0.4, 0.5) is 0 Å². The second kappa shape index (κ2) is 6.93. The van der Waals surface area contributed by atoms with E-state index in [-0.39, 0.29) is 11.3 Å². The van der Waals surface area contributed by atoms with Crippen molar-refractivity contribution in [2.24, 2.45) is 17.3 Å². The van der Waals surface area contributed by atoms with Crippen LogP contribution in [-0.4, -0.2) is 17.3 Å². The van der Waals surface area contributed by atoms with Crippen molar-refractivity contribution in [3.8, 4) is 0 Å². The minimum Gasteiger partial charge on any atom is -0.356 e. The van der Waals surface area contributed by atoms with E-state index in [2.05, 4.69) is 48.9 Å². The number of carbonyl (C=O) groups excluding carboxylic acids is 1. The molecule has 1 fully saturated rings. The van der Waals surface area contributed by atoms with Crippen molar-refractivity contribution in [3.05, 3.63) is 0 Å². The summed E-state index contributed by atoms with van der Waals surface area (Å²) in [6, 6.07) is 0. The molecule has 1 saturated carbocycles. The molecule has 18 heavy (non-hydrogen) atoms. The molecule has 0 aliphatic heterocycles. The highest BCUT2D eigenvalue weighted by atomic mass is 79.9. The fourth-order valence-corrected chi connectivity index (χ4v) is 3.18. The van der Waals surface area contributed by atoms with Crippen LogP contribution in [0.25, 0.3) is 0 Å². The maximum absolute atomic E-state index is 11.9. The minimum atomic E-state index is 0.211. The first kappa shape index (κ1) is 16.0. The number of rotatable bonds is 4. The van der Waals surface area contributed by atoms with Gasteiger partial charge < -0.3 is 5.32 Å². The average molecular weight is 318 g/mol. The second-order valence-electron chi connectivity index (χ2n) is 6.91. The summed E-state index contributed by atoms with van der Waals surface area (Å²) in [6.07, 6.45) is 5.68. The second-order valence-corrected chi connectivity index (χ2v) is 8.20. The van der Waals surface area contributed by atoms with Gasteiger partial charge in [-0.25, -0.2) is 0 Å². The molecule has 3 atom stereocenters. The summed E-state index contributed by atoms with van der Waals surface area (Å²) in [5.41, 5.74) is 0.211. The molecule has 0 aromatic carbocycles. The third kappa shape index (κ3) is 5.73. The number of carbonyl (C=O) groups is 1. The minimum absolute atomic E-state index is 0.211. The van der Waals surface area contributed by atoms with Gasteiger partial charge in [-0.15, -0.1) is 0 Å². The Balaban J connectivity index is 2.24. The van der Waals surface area contributed by atoms with E-state index in [4.69, 9.17) is 0 Å². The lowest BCUT2D eigenvalue weighted by molar-refractivity contribution is -0.122. The molecular weight excluding hydrogens is 290 g/mol. The van der Waals surface area contributed by atoms with Crippen LogP contribution < -0.4 is 5.32 Å². The van der Waals surface area contributed by atoms with Crippen molar-refractivity contribution in [2.75, 3.05) is 6.54 Å². The highest BCUT2D eigenvalue weighted by Gasteiger charge is 2.24. The first-order valence-electron chi connectivity index (χ1n) is 7.19. The highest BCUT2D eigenvalue weighted by Crippen LogP contribution is 2.29. The number of alkyl halides is 1. The third-order valence-corrected chi connectivity index (χ3v) is 5.11. The predicted molar refractivity (Wildman–Crippen MR) is 80.9 cm³/mol. The monoisotopic (exact) mass is 317 g/mol. The number of nitrogens with one attached hydrogen (secondary N) is 1. The lowest BCUT2D eigenvalue weighted by Crippen LogP contribution is -2.34. The zero-order chi connectivity index (χ0) is 13.8. The highest BCUT2D eigenvalue weighted by molar-refractivity contribution is 9.09. The summed E-state index contributed by atoms with van der Waals surface area (Å²) >= 11 is 3.69. The summed E-state index contributed by atoms with van der Waals surface area (Å²) in [6.45, 7) is 9.61. The number of hydrogen-bond donors (Lipinski definition) is 1. The van der Waals surface area contributed by atoms with Crippen LogP contribution in [0.5, 0.6) is 0 Å². The van der Waals surface area contributed by atoms with E-state index in [0.29, 0.717) is 23.1 Å². The quantitative estimate of drug-likeness (QED) is 0.776. The van der Waals surface area contributed by atoms with Crippen molar-refractivity contribution >= 4 is 21.8 Å². The fourth-order valence-electron chi connectivity index (χ4n) is 2.33. The lowest BCUT2D eigenvalue weighted by atomic mass is 9.80. The van der Waals surface area contributed by atoms with Crippen LogP contribution in [0.1, 0.15) is 59.8 Å². The van der Waals surface area contributed by atoms with E-state index in [1.165, 1.54) is 25.7 Å². The van der Waals surface area contributed by atoms with E-state index in [0.717, 1.165) is 6.54 Å². The van der Waals surface area contributed by atoms with Gasteiger partial charge in [0.2, 0.25) is 5.91 Å². The largest absolute Gasteiger partial charge is 0.356 e. The van der Waals surface area contributed by atoms with Gasteiger partial charge in [-0.3, -0.25) is 4.79 Å². The summed E-state index contributed by atoms with van der Waals surface area (Å²) in [7, 11) is 0. The van der Waals surface area contributed by atoms with E-state index in [9.17, 15) is 4.79 Å². The maximum atomic E-state index is 11.9. The molecule has 0 bridgehead atoms. The topological polar surface area (TPSA) is 29.1 Å². The molecular formula is C15H28BrNO. The third-order valence-electron chi connectivity index (χ3n) is 4.28. The van der Waals surface area contributed by atoms with Gasteiger partial charge in [0.25, 0.3) is 0 Å². The van der Waals surface area contributed by atoms with E-state index < -0.39 is 0 Å². The van der Waals surface area contributed by atoms with E-state index in [1.54, 1.807) is 0 Å². The van der Waals surface area contributed by atoms with Crippen LogP contribution in [0, 0.1) is 17.3 Å². The molecule has 0 heterocycles. The Bertz CT molecular complexity index is 272. The normalized spacial score (nSPS) is 26.7. The standard InChI is InChI=1S/C15H28BrNO/c1-11(15(2,3)4)8-14(18)17-10-12-6-5-7-13(16)9-12/h11-13H,5-10H2,1-4H3,(H,17,18). The lowest BCUT2D eigenvalue weighted by Gasteiger charge is -2.28. The Hall–Kier alpha value is -0.0500. The zero-order valence-corrected chi connectivity index (χ0v) is 13.8. The fraction of sp³-hybridized carbons (Fsp3) is 0.933. The van der Waals surface area contributed by atoms with Crippen molar-refractivity contribution in [2.45, 2.75) is 64.6 Å². The van der Waals surface area contributed by atoms with Crippen LogP contribution in [0.3, 0.4) is 0 Å². The Morgan fingerprint density at radius 3 is 2.61 bits per heavy atom. The van der Waals surface area contributed by atoms with Gasteiger partial charge in [-0.1, -0.05) is 50.0 Å². The molecule has 106 valence electrons. The Morgan fingerprint density at radius 2 is 2.06 bits per heavy atom. The van der Waals surface area contributed by atoms with Gasteiger partial charge in [-0.2, -0.15) is 0 Å². The first-order chi connectivity index (χ1) is 8.29. The number of amides is 1. The van der Waals surface area contributed by atoms with Gasteiger partial charge in [0.15, 0.2) is 0 Å². The molecule has 1 rings (SSSR count). The molecule has 0 radical (unpaired) electrons. The molecule has 3 unspecified atom stereocenters. The number of hydrogen-bond acceptors (Lipinski definition) is 1. The molecule has 1 amide bonds. The van der Waals surface area contributed by atoms with Crippen molar-refractivity contribution in [3.63, 3.8) is 0 Å². The molecule has 1 N–H and O–H groups in total. The summed E-state index contributed by atoms with van der Waals surface area (Å²) in [5.74, 6) is 1.30. The molecule has 0 aromatic rings. The van der Waals surface area contributed by atoms with Gasteiger partial charge in [0.1, 0.15) is 0 Å². The summed E-state index contributed by atoms with van der Waals surface area (Å²) < 4.78 is 0. The van der Waals surface area contributed by atoms with Crippen LogP contribution in [0.15, 0.2) is 0 Å². The van der Waals surface area contributed by atoms with Gasteiger partial charge in [0.05, 0.1) is 0 Å². The van der Waals surface area contributed by atoms with Crippen LogP contribution in [-0.2, 0) is 4.79 Å².